The second kappa shape index (κ2) is 7.39. The molecule has 1 aromatic rings. The largest absolute Gasteiger partial charge is 0.306 e. The van der Waals surface area contributed by atoms with Crippen molar-refractivity contribution in [2.45, 2.75) is 84.7 Å². The SMILES string of the molecule is CCCCCC(NC(C)C)c1nc(C(C)(C)C)cs1. The van der Waals surface area contributed by atoms with Gasteiger partial charge < -0.3 is 5.32 Å². The van der Waals surface area contributed by atoms with Gasteiger partial charge in [0.1, 0.15) is 5.01 Å². The summed E-state index contributed by atoms with van der Waals surface area (Å²) in [7, 11) is 0. The summed E-state index contributed by atoms with van der Waals surface area (Å²) >= 11 is 1.81. The summed E-state index contributed by atoms with van der Waals surface area (Å²) in [5.74, 6) is 0. The molecule has 0 amide bonds. The van der Waals surface area contributed by atoms with Crippen LogP contribution in [0, 0.1) is 0 Å². The zero-order chi connectivity index (χ0) is 14.5. The third-order valence-corrected chi connectivity index (χ3v) is 4.18. The minimum Gasteiger partial charge on any atom is -0.306 e. The van der Waals surface area contributed by atoms with E-state index in [1.54, 1.807) is 0 Å². The summed E-state index contributed by atoms with van der Waals surface area (Å²) in [5, 5.41) is 7.15. The van der Waals surface area contributed by atoms with Crippen LogP contribution in [0.15, 0.2) is 5.38 Å². The average molecular weight is 282 g/mol. The molecule has 0 aromatic carbocycles. The number of rotatable bonds is 7. The molecular weight excluding hydrogens is 252 g/mol. The van der Waals surface area contributed by atoms with E-state index in [4.69, 9.17) is 4.98 Å². The fourth-order valence-electron chi connectivity index (χ4n) is 2.07. The summed E-state index contributed by atoms with van der Waals surface area (Å²) in [5.41, 5.74) is 1.37. The Bertz CT molecular complexity index is 363. The van der Waals surface area contributed by atoms with Gasteiger partial charge in [-0.1, -0.05) is 60.8 Å². The van der Waals surface area contributed by atoms with E-state index in [1.807, 2.05) is 11.3 Å². The Morgan fingerprint density at radius 1 is 1.26 bits per heavy atom. The lowest BCUT2D eigenvalue weighted by molar-refractivity contribution is 0.432. The molecule has 1 heterocycles. The third-order valence-electron chi connectivity index (χ3n) is 3.22. The minimum absolute atomic E-state index is 0.153. The summed E-state index contributed by atoms with van der Waals surface area (Å²) in [6, 6.07) is 0.932. The highest BCUT2D eigenvalue weighted by Crippen LogP contribution is 2.29. The first-order chi connectivity index (χ1) is 8.84. The van der Waals surface area contributed by atoms with Gasteiger partial charge in [-0.25, -0.2) is 4.98 Å². The van der Waals surface area contributed by atoms with E-state index in [9.17, 15) is 0 Å². The molecule has 2 nitrogen and oxygen atoms in total. The van der Waals surface area contributed by atoms with E-state index in [1.165, 1.54) is 36.4 Å². The standard InChI is InChI=1S/C16H30N2S/c1-7-8-9-10-13(17-12(2)3)15-18-14(11-19-15)16(4,5)6/h11-13,17H,7-10H2,1-6H3. The Kier molecular flexibility index (Phi) is 6.48. The molecule has 1 N–H and O–H groups in total. The number of hydrogen-bond acceptors (Lipinski definition) is 3. The van der Waals surface area contributed by atoms with Crippen LogP contribution in [-0.2, 0) is 5.41 Å². The Labute approximate surface area is 123 Å². The normalized spacial score (nSPS) is 14.1. The van der Waals surface area contributed by atoms with Crippen molar-refractivity contribution in [3.63, 3.8) is 0 Å². The van der Waals surface area contributed by atoms with E-state index >= 15 is 0 Å². The molecule has 0 fully saturated rings. The molecule has 0 spiro atoms. The van der Waals surface area contributed by atoms with Gasteiger partial charge in [0, 0.05) is 16.8 Å². The Morgan fingerprint density at radius 3 is 2.42 bits per heavy atom. The highest BCUT2D eigenvalue weighted by atomic mass is 32.1. The van der Waals surface area contributed by atoms with Crippen molar-refractivity contribution in [1.29, 1.82) is 0 Å². The third kappa shape index (κ3) is 5.62. The first kappa shape index (κ1) is 16.6. The number of aromatic nitrogens is 1. The first-order valence-electron chi connectivity index (χ1n) is 7.56. The molecule has 0 radical (unpaired) electrons. The molecule has 1 unspecified atom stereocenters. The van der Waals surface area contributed by atoms with E-state index in [-0.39, 0.29) is 5.41 Å². The van der Waals surface area contributed by atoms with Crippen LogP contribution in [0.1, 0.15) is 84.0 Å². The number of unbranched alkanes of at least 4 members (excludes halogenated alkanes) is 2. The van der Waals surface area contributed by atoms with Crippen molar-refractivity contribution in [3.8, 4) is 0 Å². The minimum atomic E-state index is 0.153. The van der Waals surface area contributed by atoms with Crippen LogP contribution < -0.4 is 5.32 Å². The van der Waals surface area contributed by atoms with Gasteiger partial charge in [0.15, 0.2) is 0 Å². The molecule has 0 aliphatic rings. The highest BCUT2D eigenvalue weighted by molar-refractivity contribution is 7.09. The molecule has 1 aromatic heterocycles. The van der Waals surface area contributed by atoms with Crippen LogP contribution in [0.2, 0.25) is 0 Å². The van der Waals surface area contributed by atoms with Crippen molar-refractivity contribution < 1.29 is 0 Å². The molecule has 19 heavy (non-hydrogen) atoms. The van der Waals surface area contributed by atoms with Crippen LogP contribution in [0.3, 0.4) is 0 Å². The van der Waals surface area contributed by atoms with Gasteiger partial charge in [0.05, 0.1) is 11.7 Å². The fourth-order valence-corrected chi connectivity index (χ4v) is 3.21. The van der Waals surface area contributed by atoms with Crippen molar-refractivity contribution in [3.05, 3.63) is 16.1 Å². The van der Waals surface area contributed by atoms with Gasteiger partial charge >= 0.3 is 0 Å². The predicted octanol–water partition coefficient (Wildman–Crippen LogP) is 5.06. The average Bonchev–Trinajstić information content (AvgIpc) is 2.76. The van der Waals surface area contributed by atoms with E-state index in [0.29, 0.717) is 12.1 Å². The van der Waals surface area contributed by atoms with Crippen molar-refractivity contribution >= 4 is 11.3 Å². The monoisotopic (exact) mass is 282 g/mol. The van der Waals surface area contributed by atoms with E-state index < -0.39 is 0 Å². The molecule has 1 atom stereocenters. The summed E-state index contributed by atoms with van der Waals surface area (Å²) in [4.78, 5) is 4.87. The molecule has 0 saturated heterocycles. The predicted molar refractivity (Wildman–Crippen MR) is 86.0 cm³/mol. The Morgan fingerprint density at radius 2 is 1.95 bits per heavy atom. The lowest BCUT2D eigenvalue weighted by Gasteiger charge is -2.20. The van der Waals surface area contributed by atoms with Crippen LogP contribution >= 0.6 is 11.3 Å². The summed E-state index contributed by atoms with van der Waals surface area (Å²) < 4.78 is 0. The molecular formula is C16H30N2S. The summed E-state index contributed by atoms with van der Waals surface area (Å²) in [6.07, 6.45) is 5.07. The van der Waals surface area contributed by atoms with Gasteiger partial charge in [-0.2, -0.15) is 0 Å². The lowest BCUT2D eigenvalue weighted by atomic mass is 9.93. The molecule has 3 heteroatoms. The molecule has 1 rings (SSSR count). The smallest absolute Gasteiger partial charge is 0.110 e. The molecule has 0 aliphatic heterocycles. The molecule has 0 bridgehead atoms. The van der Waals surface area contributed by atoms with Crippen LogP contribution in [0.4, 0.5) is 0 Å². The maximum Gasteiger partial charge on any atom is 0.110 e. The van der Waals surface area contributed by atoms with Crippen LogP contribution in [0.5, 0.6) is 0 Å². The molecule has 0 saturated carbocycles. The van der Waals surface area contributed by atoms with E-state index in [2.05, 4.69) is 52.2 Å². The zero-order valence-electron chi connectivity index (χ0n) is 13.4. The van der Waals surface area contributed by atoms with Gasteiger partial charge in [0.2, 0.25) is 0 Å². The zero-order valence-corrected chi connectivity index (χ0v) is 14.2. The van der Waals surface area contributed by atoms with Gasteiger partial charge in [0.25, 0.3) is 0 Å². The molecule has 110 valence electrons. The number of nitrogens with one attached hydrogen (secondary N) is 1. The van der Waals surface area contributed by atoms with Gasteiger partial charge in [-0.3, -0.25) is 0 Å². The topological polar surface area (TPSA) is 24.9 Å². The number of nitrogens with zero attached hydrogens (tertiary/aromatic N) is 1. The second-order valence-electron chi connectivity index (χ2n) is 6.69. The van der Waals surface area contributed by atoms with E-state index in [0.717, 1.165) is 0 Å². The van der Waals surface area contributed by atoms with Crippen molar-refractivity contribution in [2.24, 2.45) is 0 Å². The number of thiazole rings is 1. The highest BCUT2D eigenvalue weighted by Gasteiger charge is 2.21. The van der Waals surface area contributed by atoms with Crippen LogP contribution in [-0.4, -0.2) is 11.0 Å². The number of hydrogen-bond donors (Lipinski definition) is 1. The second-order valence-corrected chi connectivity index (χ2v) is 7.58. The van der Waals surface area contributed by atoms with Gasteiger partial charge in [-0.05, 0) is 6.42 Å². The van der Waals surface area contributed by atoms with Crippen LogP contribution in [0.25, 0.3) is 0 Å². The Hall–Kier alpha value is -0.410. The van der Waals surface area contributed by atoms with Crippen molar-refractivity contribution in [1.82, 2.24) is 10.3 Å². The fraction of sp³-hybridized carbons (Fsp3) is 0.812. The maximum absolute atomic E-state index is 4.87. The van der Waals surface area contributed by atoms with Gasteiger partial charge in [-0.15, -0.1) is 11.3 Å². The quantitative estimate of drug-likeness (QED) is 0.707. The summed E-state index contributed by atoms with van der Waals surface area (Å²) in [6.45, 7) is 13.4. The first-order valence-corrected chi connectivity index (χ1v) is 8.44. The van der Waals surface area contributed by atoms with Crippen molar-refractivity contribution in [2.75, 3.05) is 0 Å². The maximum atomic E-state index is 4.87. The molecule has 0 aliphatic carbocycles. The Balaban J connectivity index is 2.76. The lowest BCUT2D eigenvalue weighted by Crippen LogP contribution is -2.28.